The van der Waals surface area contributed by atoms with Crippen LogP contribution in [0.25, 0.3) is 0 Å². The number of aromatic nitrogens is 3. The molecule has 2 rings (SSSR count). The van der Waals surface area contributed by atoms with Crippen LogP contribution >= 0.6 is 0 Å². The summed E-state index contributed by atoms with van der Waals surface area (Å²) in [5.74, 6) is -0.0218. The molecule has 0 saturated carbocycles. The van der Waals surface area contributed by atoms with E-state index in [0.29, 0.717) is 11.7 Å². The fourth-order valence-electron chi connectivity index (χ4n) is 3.03. The number of allylic oxidation sites excluding steroid dienone is 1. The summed E-state index contributed by atoms with van der Waals surface area (Å²) in [6.45, 7) is 8.43. The molecular formula is C17H29N5O. The summed E-state index contributed by atoms with van der Waals surface area (Å²) in [5, 5.41) is 11.7. The lowest BCUT2D eigenvalue weighted by molar-refractivity contribution is 0.0786. The molecule has 0 radical (unpaired) electrons. The van der Waals surface area contributed by atoms with Crippen molar-refractivity contribution in [3.05, 3.63) is 24.0 Å². The quantitative estimate of drug-likeness (QED) is 0.590. The van der Waals surface area contributed by atoms with Crippen LogP contribution < -0.4 is 5.32 Å². The summed E-state index contributed by atoms with van der Waals surface area (Å²) in [5.41, 5.74) is 1.39. The second-order valence-electron chi connectivity index (χ2n) is 6.31. The highest BCUT2D eigenvalue weighted by Crippen LogP contribution is 2.20. The lowest BCUT2D eigenvalue weighted by Gasteiger charge is -2.23. The molecule has 1 amide bonds. The largest absolute Gasteiger partial charge is 0.340 e. The molecule has 23 heavy (non-hydrogen) atoms. The van der Waals surface area contributed by atoms with Gasteiger partial charge in [-0.3, -0.25) is 4.79 Å². The van der Waals surface area contributed by atoms with Crippen molar-refractivity contribution in [3.8, 4) is 0 Å². The number of hydrogen-bond acceptors (Lipinski definition) is 4. The lowest BCUT2D eigenvalue weighted by atomic mass is 10.1. The first kappa shape index (κ1) is 17.7. The third-order valence-corrected chi connectivity index (χ3v) is 4.53. The molecule has 0 aromatic carbocycles. The predicted octanol–water partition coefficient (Wildman–Crippen LogP) is 2.33. The number of amides is 1. The van der Waals surface area contributed by atoms with Gasteiger partial charge in [-0.05, 0) is 52.1 Å². The number of nitrogens with one attached hydrogen (secondary N) is 1. The van der Waals surface area contributed by atoms with Crippen molar-refractivity contribution in [1.29, 1.82) is 0 Å². The second kappa shape index (κ2) is 8.82. The van der Waals surface area contributed by atoms with Crippen molar-refractivity contribution in [1.82, 2.24) is 25.2 Å². The van der Waals surface area contributed by atoms with E-state index in [-0.39, 0.29) is 5.91 Å². The standard InChI is InChI=1S/C17H29N5O/c1-4-5-6-7-8-13-21(3)17(23)16-14(2)22(20-19-16)15-9-11-18-12-10-15/h4,15,18H,1,5-13H2,2-3H3. The van der Waals surface area contributed by atoms with Crippen LogP contribution in [0.4, 0.5) is 0 Å². The highest BCUT2D eigenvalue weighted by atomic mass is 16.2. The van der Waals surface area contributed by atoms with Crippen LogP contribution in [0.2, 0.25) is 0 Å². The summed E-state index contributed by atoms with van der Waals surface area (Å²) >= 11 is 0. The molecule has 0 bridgehead atoms. The third kappa shape index (κ3) is 4.64. The van der Waals surface area contributed by atoms with Crippen molar-refractivity contribution >= 4 is 5.91 Å². The highest BCUT2D eigenvalue weighted by molar-refractivity contribution is 5.93. The van der Waals surface area contributed by atoms with Crippen LogP contribution in [0.1, 0.15) is 60.7 Å². The fraction of sp³-hybridized carbons (Fsp3) is 0.706. The summed E-state index contributed by atoms with van der Waals surface area (Å²) < 4.78 is 1.94. The SMILES string of the molecule is C=CCCCCCN(C)C(=O)c1nnn(C2CCNCC2)c1C. The Morgan fingerprint density at radius 3 is 2.83 bits per heavy atom. The molecule has 1 fully saturated rings. The number of carbonyl (C=O) groups is 1. The smallest absolute Gasteiger partial charge is 0.276 e. The molecule has 6 nitrogen and oxygen atoms in total. The van der Waals surface area contributed by atoms with E-state index < -0.39 is 0 Å². The molecule has 0 aliphatic carbocycles. The van der Waals surface area contributed by atoms with Gasteiger partial charge in [0, 0.05) is 13.6 Å². The molecule has 128 valence electrons. The summed E-state index contributed by atoms with van der Waals surface area (Å²) in [6, 6.07) is 0.356. The van der Waals surface area contributed by atoms with Crippen molar-refractivity contribution in [2.75, 3.05) is 26.7 Å². The van der Waals surface area contributed by atoms with Gasteiger partial charge in [0.05, 0.1) is 11.7 Å². The fourth-order valence-corrected chi connectivity index (χ4v) is 3.03. The van der Waals surface area contributed by atoms with Crippen LogP contribution in [0.15, 0.2) is 12.7 Å². The van der Waals surface area contributed by atoms with Gasteiger partial charge in [-0.25, -0.2) is 4.68 Å². The van der Waals surface area contributed by atoms with E-state index in [4.69, 9.17) is 0 Å². The zero-order chi connectivity index (χ0) is 16.7. The number of carbonyl (C=O) groups excluding carboxylic acids is 1. The van der Waals surface area contributed by atoms with E-state index >= 15 is 0 Å². The normalized spacial score (nSPS) is 15.6. The Morgan fingerprint density at radius 1 is 1.39 bits per heavy atom. The minimum absolute atomic E-state index is 0.0218. The molecule has 1 aliphatic rings. The molecule has 1 saturated heterocycles. The highest BCUT2D eigenvalue weighted by Gasteiger charge is 2.24. The molecule has 0 unspecified atom stereocenters. The van der Waals surface area contributed by atoms with Gasteiger partial charge in [-0.1, -0.05) is 17.7 Å². The Balaban J connectivity index is 1.91. The third-order valence-electron chi connectivity index (χ3n) is 4.53. The molecule has 2 heterocycles. The van der Waals surface area contributed by atoms with E-state index in [1.807, 2.05) is 24.7 Å². The Kier molecular flexibility index (Phi) is 6.77. The van der Waals surface area contributed by atoms with Crippen molar-refractivity contribution in [3.63, 3.8) is 0 Å². The van der Waals surface area contributed by atoms with E-state index in [1.54, 1.807) is 4.90 Å². The van der Waals surface area contributed by atoms with Crippen LogP contribution in [0, 0.1) is 6.92 Å². The molecule has 1 aliphatic heterocycles. The van der Waals surface area contributed by atoms with Gasteiger partial charge in [0.1, 0.15) is 0 Å². The van der Waals surface area contributed by atoms with E-state index in [0.717, 1.165) is 63.9 Å². The number of nitrogens with zero attached hydrogens (tertiary/aromatic N) is 4. The molecule has 1 aromatic rings. The van der Waals surface area contributed by atoms with Gasteiger partial charge < -0.3 is 10.2 Å². The Bertz CT molecular complexity index is 519. The number of unbranched alkanes of at least 4 members (excludes halogenated alkanes) is 3. The second-order valence-corrected chi connectivity index (χ2v) is 6.31. The van der Waals surface area contributed by atoms with Gasteiger partial charge in [0.15, 0.2) is 5.69 Å². The molecule has 0 atom stereocenters. The zero-order valence-electron chi connectivity index (χ0n) is 14.4. The zero-order valence-corrected chi connectivity index (χ0v) is 14.4. The van der Waals surface area contributed by atoms with Crippen LogP contribution in [-0.2, 0) is 0 Å². The first-order chi connectivity index (χ1) is 11.1. The van der Waals surface area contributed by atoms with E-state index in [2.05, 4.69) is 22.2 Å². The maximum Gasteiger partial charge on any atom is 0.276 e. The summed E-state index contributed by atoms with van der Waals surface area (Å²) in [7, 11) is 1.85. The summed E-state index contributed by atoms with van der Waals surface area (Å²) in [6.07, 6.45) is 8.32. The Morgan fingerprint density at radius 2 is 2.13 bits per heavy atom. The maximum absolute atomic E-state index is 12.6. The van der Waals surface area contributed by atoms with Gasteiger partial charge in [-0.2, -0.15) is 0 Å². The minimum Gasteiger partial charge on any atom is -0.340 e. The van der Waals surface area contributed by atoms with Gasteiger partial charge >= 0.3 is 0 Å². The molecule has 1 aromatic heterocycles. The van der Waals surface area contributed by atoms with Gasteiger partial charge in [0.25, 0.3) is 5.91 Å². The average Bonchev–Trinajstić information content (AvgIpc) is 2.96. The van der Waals surface area contributed by atoms with E-state index in [9.17, 15) is 4.79 Å². The van der Waals surface area contributed by atoms with Gasteiger partial charge in [-0.15, -0.1) is 11.7 Å². The Hall–Kier alpha value is -1.69. The van der Waals surface area contributed by atoms with Crippen molar-refractivity contribution < 1.29 is 4.79 Å². The minimum atomic E-state index is -0.0218. The van der Waals surface area contributed by atoms with Gasteiger partial charge in [0.2, 0.25) is 0 Å². The van der Waals surface area contributed by atoms with Crippen LogP contribution in [0.5, 0.6) is 0 Å². The maximum atomic E-state index is 12.6. The Labute approximate surface area is 138 Å². The predicted molar refractivity (Wildman–Crippen MR) is 91.5 cm³/mol. The van der Waals surface area contributed by atoms with Crippen molar-refractivity contribution in [2.45, 2.75) is 51.5 Å². The first-order valence-electron chi connectivity index (χ1n) is 8.64. The molecule has 1 N–H and O–H groups in total. The number of hydrogen-bond donors (Lipinski definition) is 1. The number of piperidine rings is 1. The molecule has 0 spiro atoms. The number of rotatable bonds is 8. The van der Waals surface area contributed by atoms with Crippen molar-refractivity contribution in [2.24, 2.45) is 0 Å². The average molecular weight is 319 g/mol. The topological polar surface area (TPSA) is 63.1 Å². The van der Waals surface area contributed by atoms with Crippen LogP contribution in [0.3, 0.4) is 0 Å². The first-order valence-corrected chi connectivity index (χ1v) is 8.64. The van der Waals surface area contributed by atoms with E-state index in [1.165, 1.54) is 0 Å². The van der Waals surface area contributed by atoms with Crippen LogP contribution in [-0.4, -0.2) is 52.5 Å². The lowest BCUT2D eigenvalue weighted by Crippen LogP contribution is -2.31. The molecular weight excluding hydrogens is 290 g/mol. The molecule has 6 heteroatoms. The monoisotopic (exact) mass is 319 g/mol. The summed E-state index contributed by atoms with van der Waals surface area (Å²) in [4.78, 5) is 14.3.